The van der Waals surface area contributed by atoms with Gasteiger partial charge >= 0.3 is 0 Å². The average molecular weight is 355 g/mol. The van der Waals surface area contributed by atoms with Gasteiger partial charge in [-0.25, -0.2) is 14.6 Å². The summed E-state index contributed by atoms with van der Waals surface area (Å²) in [5.41, 5.74) is 1.59. The molecule has 26 heavy (non-hydrogen) atoms. The second-order valence-electron chi connectivity index (χ2n) is 5.87. The third kappa shape index (κ3) is 4.24. The molecule has 0 unspecified atom stereocenters. The van der Waals surface area contributed by atoms with Crippen LogP contribution in [0.25, 0.3) is 5.82 Å². The van der Waals surface area contributed by atoms with Gasteiger partial charge in [-0.05, 0) is 26.8 Å². The van der Waals surface area contributed by atoms with E-state index in [9.17, 15) is 4.79 Å². The van der Waals surface area contributed by atoms with Gasteiger partial charge in [0.05, 0.1) is 12.1 Å². The summed E-state index contributed by atoms with van der Waals surface area (Å²) >= 11 is 0. The minimum atomic E-state index is -0.0719. The molecule has 3 heterocycles. The van der Waals surface area contributed by atoms with E-state index in [1.165, 1.54) is 0 Å². The number of hydrogen-bond acceptors (Lipinski definition) is 7. The minimum absolute atomic E-state index is 0.0719. The van der Waals surface area contributed by atoms with E-state index in [1.54, 1.807) is 17.8 Å². The maximum atomic E-state index is 12.0. The summed E-state index contributed by atoms with van der Waals surface area (Å²) in [5.74, 6) is 2.62. The molecule has 9 nitrogen and oxygen atoms in total. The largest absolute Gasteiger partial charge is 0.368 e. The number of carbonyl (C=O) groups is 1. The van der Waals surface area contributed by atoms with Crippen LogP contribution in [0.15, 0.2) is 29.0 Å². The lowest BCUT2D eigenvalue weighted by atomic mass is 10.1. The summed E-state index contributed by atoms with van der Waals surface area (Å²) in [6.07, 6.45) is 3.77. The van der Waals surface area contributed by atoms with Crippen LogP contribution in [0.2, 0.25) is 0 Å². The Morgan fingerprint density at radius 2 is 2.08 bits per heavy atom. The van der Waals surface area contributed by atoms with Gasteiger partial charge in [-0.3, -0.25) is 4.79 Å². The van der Waals surface area contributed by atoms with Gasteiger partial charge in [0.2, 0.25) is 5.91 Å². The van der Waals surface area contributed by atoms with Crippen LogP contribution in [0.1, 0.15) is 22.8 Å². The predicted octanol–water partition coefficient (Wildman–Crippen LogP) is 1.35. The first kappa shape index (κ1) is 17.6. The Labute approximate surface area is 150 Å². The molecule has 0 spiro atoms. The van der Waals surface area contributed by atoms with Gasteiger partial charge in [0.15, 0.2) is 5.82 Å². The first-order chi connectivity index (χ1) is 12.5. The highest BCUT2D eigenvalue weighted by Gasteiger charge is 2.13. The molecule has 0 saturated carbocycles. The van der Waals surface area contributed by atoms with Crippen LogP contribution < -0.4 is 10.6 Å². The quantitative estimate of drug-likeness (QED) is 0.615. The predicted molar refractivity (Wildman–Crippen MR) is 95.1 cm³/mol. The lowest BCUT2D eigenvalue weighted by Gasteiger charge is -2.09. The van der Waals surface area contributed by atoms with Crippen LogP contribution in [0.3, 0.4) is 0 Å². The number of anilines is 1. The van der Waals surface area contributed by atoms with E-state index >= 15 is 0 Å². The molecule has 3 aromatic heterocycles. The highest BCUT2D eigenvalue weighted by molar-refractivity contribution is 5.79. The summed E-state index contributed by atoms with van der Waals surface area (Å²) in [6.45, 7) is 6.47. The van der Waals surface area contributed by atoms with Crippen LogP contribution in [-0.2, 0) is 11.2 Å². The van der Waals surface area contributed by atoms with E-state index in [0.717, 1.165) is 11.3 Å². The number of nitrogens with one attached hydrogen (secondary N) is 2. The highest BCUT2D eigenvalue weighted by Crippen LogP contribution is 2.12. The Morgan fingerprint density at radius 3 is 2.77 bits per heavy atom. The van der Waals surface area contributed by atoms with Crippen molar-refractivity contribution in [1.82, 2.24) is 30.2 Å². The second-order valence-corrected chi connectivity index (χ2v) is 5.87. The van der Waals surface area contributed by atoms with Crippen LogP contribution in [0, 0.1) is 20.8 Å². The van der Waals surface area contributed by atoms with Gasteiger partial charge in [-0.1, -0.05) is 5.16 Å². The van der Waals surface area contributed by atoms with Crippen molar-refractivity contribution in [3.8, 4) is 5.82 Å². The van der Waals surface area contributed by atoms with Gasteiger partial charge in [0.1, 0.15) is 17.4 Å². The molecule has 9 heteroatoms. The van der Waals surface area contributed by atoms with Crippen molar-refractivity contribution >= 4 is 11.7 Å². The highest BCUT2D eigenvalue weighted by atomic mass is 16.5. The Hall–Kier alpha value is -3.23. The molecule has 0 aliphatic heterocycles. The molecule has 0 bridgehead atoms. The second kappa shape index (κ2) is 7.77. The molecule has 0 saturated heterocycles. The number of carbonyl (C=O) groups excluding carboxylic acids is 1. The first-order valence-electron chi connectivity index (χ1n) is 8.31. The Bertz CT molecular complexity index is 867. The van der Waals surface area contributed by atoms with E-state index < -0.39 is 0 Å². The topological polar surface area (TPSA) is 111 Å². The fourth-order valence-electron chi connectivity index (χ4n) is 2.53. The molecular weight excluding hydrogens is 334 g/mol. The monoisotopic (exact) mass is 355 g/mol. The van der Waals surface area contributed by atoms with Crippen molar-refractivity contribution in [3.05, 3.63) is 47.4 Å². The molecule has 0 radical (unpaired) electrons. The third-order valence-electron chi connectivity index (χ3n) is 3.84. The summed E-state index contributed by atoms with van der Waals surface area (Å²) in [7, 11) is 0. The van der Waals surface area contributed by atoms with E-state index in [0.29, 0.717) is 36.3 Å². The molecule has 136 valence electrons. The Morgan fingerprint density at radius 1 is 1.23 bits per heavy atom. The summed E-state index contributed by atoms with van der Waals surface area (Å²) in [4.78, 5) is 20.7. The number of rotatable bonds is 7. The van der Waals surface area contributed by atoms with Crippen molar-refractivity contribution in [1.29, 1.82) is 0 Å². The van der Waals surface area contributed by atoms with Gasteiger partial charge in [-0.2, -0.15) is 5.10 Å². The lowest BCUT2D eigenvalue weighted by Crippen LogP contribution is -2.30. The van der Waals surface area contributed by atoms with Crippen LogP contribution >= 0.6 is 0 Å². The van der Waals surface area contributed by atoms with E-state index in [4.69, 9.17) is 4.52 Å². The van der Waals surface area contributed by atoms with Gasteiger partial charge in [0, 0.05) is 37.1 Å². The number of hydrogen-bond donors (Lipinski definition) is 2. The Balaban J connectivity index is 1.50. The maximum absolute atomic E-state index is 12.0. The summed E-state index contributed by atoms with van der Waals surface area (Å²) in [6, 6.07) is 3.64. The van der Waals surface area contributed by atoms with Crippen LogP contribution in [0.4, 0.5) is 5.82 Å². The molecule has 0 atom stereocenters. The zero-order chi connectivity index (χ0) is 18.5. The number of aryl methyl sites for hydroxylation is 3. The molecule has 0 aliphatic carbocycles. The van der Waals surface area contributed by atoms with Crippen LogP contribution in [0.5, 0.6) is 0 Å². The maximum Gasteiger partial charge on any atom is 0.224 e. The molecule has 1 amide bonds. The molecule has 0 aliphatic rings. The SMILES string of the molecule is Cc1nc(NCCNC(=O)Cc2c(C)noc2C)cc(-n2cccn2)n1. The first-order valence-corrected chi connectivity index (χ1v) is 8.31. The molecule has 2 N–H and O–H groups in total. The zero-order valence-electron chi connectivity index (χ0n) is 15.0. The molecule has 3 rings (SSSR count). The van der Waals surface area contributed by atoms with E-state index in [1.807, 2.05) is 32.2 Å². The van der Waals surface area contributed by atoms with Crippen molar-refractivity contribution in [3.63, 3.8) is 0 Å². The Kier molecular flexibility index (Phi) is 5.26. The molecule has 0 aromatic carbocycles. The standard InChI is InChI=1S/C17H21N7O2/c1-11-14(12(2)26-23-11)9-17(25)19-7-6-18-15-10-16(22-13(3)21-15)24-8-4-5-20-24/h4-5,8,10H,6-7,9H2,1-3H3,(H,19,25)(H,18,21,22). The zero-order valence-corrected chi connectivity index (χ0v) is 15.0. The van der Waals surface area contributed by atoms with Gasteiger partial charge < -0.3 is 15.2 Å². The molecule has 3 aromatic rings. The lowest BCUT2D eigenvalue weighted by molar-refractivity contribution is -0.120. The minimum Gasteiger partial charge on any atom is -0.368 e. The van der Waals surface area contributed by atoms with Crippen molar-refractivity contribution in [2.75, 3.05) is 18.4 Å². The smallest absolute Gasteiger partial charge is 0.224 e. The fraction of sp³-hybridized carbons (Fsp3) is 0.353. The summed E-state index contributed by atoms with van der Waals surface area (Å²) < 4.78 is 6.74. The van der Waals surface area contributed by atoms with Crippen molar-refractivity contribution in [2.24, 2.45) is 0 Å². The normalized spacial score (nSPS) is 10.7. The fourth-order valence-corrected chi connectivity index (χ4v) is 2.53. The van der Waals surface area contributed by atoms with Gasteiger partial charge in [-0.15, -0.1) is 0 Å². The molecule has 0 fully saturated rings. The number of aromatic nitrogens is 5. The van der Waals surface area contributed by atoms with Gasteiger partial charge in [0.25, 0.3) is 0 Å². The summed E-state index contributed by atoms with van der Waals surface area (Å²) in [5, 5.41) is 14.1. The van der Waals surface area contributed by atoms with Crippen LogP contribution in [-0.4, -0.2) is 43.9 Å². The molecular formula is C17H21N7O2. The van der Waals surface area contributed by atoms with Crippen molar-refractivity contribution < 1.29 is 9.32 Å². The number of nitrogens with zero attached hydrogens (tertiary/aromatic N) is 5. The van der Waals surface area contributed by atoms with E-state index in [2.05, 4.69) is 30.9 Å². The third-order valence-corrected chi connectivity index (χ3v) is 3.84. The van der Waals surface area contributed by atoms with E-state index in [-0.39, 0.29) is 12.3 Å². The average Bonchev–Trinajstić information content (AvgIpc) is 3.24. The van der Waals surface area contributed by atoms with Crippen molar-refractivity contribution in [2.45, 2.75) is 27.2 Å². The number of amides is 1.